The maximum absolute atomic E-state index is 6.09. The summed E-state index contributed by atoms with van der Waals surface area (Å²) in [6.07, 6.45) is 0.859. The van der Waals surface area contributed by atoms with Crippen molar-refractivity contribution in [3.63, 3.8) is 0 Å². The molecule has 18 heavy (non-hydrogen) atoms. The predicted octanol–water partition coefficient (Wildman–Crippen LogP) is 3.65. The van der Waals surface area contributed by atoms with Crippen LogP contribution < -0.4 is 15.2 Å². The van der Waals surface area contributed by atoms with Gasteiger partial charge in [-0.15, -0.1) is 0 Å². The summed E-state index contributed by atoms with van der Waals surface area (Å²) in [5.41, 5.74) is 7.36. The lowest BCUT2D eigenvalue weighted by molar-refractivity contribution is 0.357. The van der Waals surface area contributed by atoms with Gasteiger partial charge in [0.1, 0.15) is 17.2 Å². The first-order chi connectivity index (χ1) is 8.74. The Balaban J connectivity index is 1.95. The molecule has 2 N–H and O–H groups in total. The van der Waals surface area contributed by atoms with Gasteiger partial charge in [0, 0.05) is 17.7 Å². The molecule has 0 spiro atoms. The van der Waals surface area contributed by atoms with Crippen LogP contribution in [-0.2, 0) is 6.42 Å². The molecule has 3 nitrogen and oxygen atoms in total. The van der Waals surface area contributed by atoms with E-state index in [1.54, 1.807) is 18.2 Å². The molecule has 1 aliphatic rings. The van der Waals surface area contributed by atoms with Gasteiger partial charge >= 0.3 is 0 Å². The highest BCUT2D eigenvalue weighted by Gasteiger charge is 2.17. The molecule has 0 unspecified atom stereocenters. The van der Waals surface area contributed by atoms with E-state index in [1.165, 1.54) is 0 Å². The molecule has 0 bridgehead atoms. The summed E-state index contributed by atoms with van der Waals surface area (Å²) < 4.78 is 11.3. The molecule has 92 valence electrons. The first-order valence-electron chi connectivity index (χ1n) is 5.71. The number of rotatable bonds is 2. The Morgan fingerprint density at radius 1 is 1.17 bits per heavy atom. The Hall–Kier alpha value is -1.87. The molecule has 0 radical (unpaired) electrons. The fourth-order valence-electron chi connectivity index (χ4n) is 2.00. The molecule has 0 saturated heterocycles. The Labute approximate surface area is 110 Å². The van der Waals surface area contributed by atoms with Crippen molar-refractivity contribution in [2.24, 2.45) is 0 Å². The zero-order valence-corrected chi connectivity index (χ0v) is 10.4. The number of hydrogen-bond acceptors (Lipinski definition) is 3. The zero-order chi connectivity index (χ0) is 12.5. The van der Waals surface area contributed by atoms with Gasteiger partial charge in [0.15, 0.2) is 0 Å². The number of nitrogens with two attached hydrogens (primary N) is 1. The fraction of sp³-hybridized carbons (Fsp3) is 0.143. The highest BCUT2D eigenvalue weighted by atomic mass is 35.5. The second-order valence-electron chi connectivity index (χ2n) is 4.12. The van der Waals surface area contributed by atoms with Crippen molar-refractivity contribution in [3.8, 4) is 17.2 Å². The van der Waals surface area contributed by atoms with Crippen LogP contribution in [0.5, 0.6) is 17.2 Å². The minimum atomic E-state index is 0.506. The van der Waals surface area contributed by atoms with Crippen molar-refractivity contribution in [3.05, 3.63) is 47.0 Å². The van der Waals surface area contributed by atoms with E-state index >= 15 is 0 Å². The third kappa shape index (κ3) is 1.97. The molecule has 2 aromatic carbocycles. The highest BCUT2D eigenvalue weighted by Crippen LogP contribution is 2.38. The second kappa shape index (κ2) is 4.42. The Morgan fingerprint density at radius 3 is 2.89 bits per heavy atom. The van der Waals surface area contributed by atoms with Gasteiger partial charge in [-0.05, 0) is 30.3 Å². The highest BCUT2D eigenvalue weighted by molar-refractivity contribution is 6.32. The van der Waals surface area contributed by atoms with E-state index in [1.807, 2.05) is 18.2 Å². The lowest BCUT2D eigenvalue weighted by Gasteiger charge is -2.10. The molecule has 1 heterocycles. The van der Waals surface area contributed by atoms with E-state index < -0.39 is 0 Å². The normalized spacial score (nSPS) is 12.9. The summed E-state index contributed by atoms with van der Waals surface area (Å²) in [5.74, 6) is 2.28. The summed E-state index contributed by atoms with van der Waals surface area (Å²) in [4.78, 5) is 0. The maximum atomic E-state index is 6.09. The lowest BCUT2D eigenvalue weighted by Crippen LogP contribution is -1.91. The number of fused-ring (bicyclic) bond motifs is 1. The molecule has 0 fully saturated rings. The van der Waals surface area contributed by atoms with Crippen LogP contribution in [0.4, 0.5) is 5.69 Å². The topological polar surface area (TPSA) is 44.5 Å². The Bertz CT molecular complexity index is 598. The predicted molar refractivity (Wildman–Crippen MR) is 71.6 cm³/mol. The molecule has 0 aliphatic carbocycles. The van der Waals surface area contributed by atoms with Gasteiger partial charge in [-0.1, -0.05) is 17.7 Å². The van der Waals surface area contributed by atoms with Gasteiger partial charge in [-0.25, -0.2) is 0 Å². The van der Waals surface area contributed by atoms with Crippen molar-refractivity contribution in [2.75, 3.05) is 12.3 Å². The largest absolute Gasteiger partial charge is 0.493 e. The monoisotopic (exact) mass is 261 g/mol. The molecule has 4 heteroatoms. The summed E-state index contributed by atoms with van der Waals surface area (Å²) in [6.45, 7) is 0.700. The van der Waals surface area contributed by atoms with Crippen LogP contribution in [-0.4, -0.2) is 6.61 Å². The third-order valence-corrected chi connectivity index (χ3v) is 3.17. The van der Waals surface area contributed by atoms with Crippen LogP contribution >= 0.6 is 11.6 Å². The average molecular weight is 262 g/mol. The van der Waals surface area contributed by atoms with Crippen LogP contribution in [0.25, 0.3) is 0 Å². The van der Waals surface area contributed by atoms with Crippen LogP contribution in [0, 0.1) is 0 Å². The quantitative estimate of drug-likeness (QED) is 0.840. The van der Waals surface area contributed by atoms with Crippen molar-refractivity contribution in [2.45, 2.75) is 6.42 Å². The van der Waals surface area contributed by atoms with Crippen molar-refractivity contribution >= 4 is 17.3 Å². The average Bonchev–Trinajstić information content (AvgIpc) is 2.82. The second-order valence-corrected chi connectivity index (χ2v) is 4.53. The summed E-state index contributed by atoms with van der Waals surface area (Å²) in [7, 11) is 0. The number of nitrogen functional groups attached to an aromatic ring is 1. The lowest BCUT2D eigenvalue weighted by atomic mass is 10.1. The van der Waals surface area contributed by atoms with E-state index in [0.29, 0.717) is 23.1 Å². The molecule has 2 aromatic rings. The number of halogens is 1. The van der Waals surface area contributed by atoms with Gasteiger partial charge in [0.05, 0.1) is 11.6 Å². The van der Waals surface area contributed by atoms with E-state index in [2.05, 4.69) is 0 Å². The van der Waals surface area contributed by atoms with Crippen LogP contribution in [0.1, 0.15) is 5.56 Å². The van der Waals surface area contributed by atoms with Crippen molar-refractivity contribution in [1.82, 2.24) is 0 Å². The smallest absolute Gasteiger partial charge is 0.146 e. The first-order valence-corrected chi connectivity index (χ1v) is 6.09. The van der Waals surface area contributed by atoms with E-state index in [9.17, 15) is 0 Å². The van der Waals surface area contributed by atoms with Crippen LogP contribution in [0.3, 0.4) is 0 Å². The minimum absolute atomic E-state index is 0.506. The van der Waals surface area contributed by atoms with E-state index in [4.69, 9.17) is 26.8 Å². The van der Waals surface area contributed by atoms with Gasteiger partial charge in [-0.3, -0.25) is 0 Å². The number of hydrogen-bond donors (Lipinski definition) is 1. The van der Waals surface area contributed by atoms with Gasteiger partial charge < -0.3 is 15.2 Å². The number of anilines is 1. The SMILES string of the molecule is Nc1ccc(Oc2cccc3c2CCO3)c(Cl)c1. The Morgan fingerprint density at radius 2 is 2.06 bits per heavy atom. The fourth-order valence-corrected chi connectivity index (χ4v) is 2.23. The Kier molecular flexibility index (Phi) is 2.76. The van der Waals surface area contributed by atoms with Crippen LogP contribution in [0.15, 0.2) is 36.4 Å². The third-order valence-electron chi connectivity index (χ3n) is 2.88. The van der Waals surface area contributed by atoms with Crippen molar-refractivity contribution in [1.29, 1.82) is 0 Å². The molecule has 1 aliphatic heterocycles. The first kappa shape index (κ1) is 11.2. The molecular weight excluding hydrogens is 250 g/mol. The van der Waals surface area contributed by atoms with Gasteiger partial charge in [0.25, 0.3) is 0 Å². The minimum Gasteiger partial charge on any atom is -0.493 e. The summed E-state index contributed by atoms with van der Waals surface area (Å²) in [6, 6.07) is 11.0. The van der Waals surface area contributed by atoms with E-state index in [0.717, 1.165) is 23.5 Å². The molecule has 0 aromatic heterocycles. The van der Waals surface area contributed by atoms with Crippen molar-refractivity contribution < 1.29 is 9.47 Å². The van der Waals surface area contributed by atoms with Gasteiger partial charge in [0.2, 0.25) is 0 Å². The molecular formula is C14H12ClNO2. The van der Waals surface area contributed by atoms with Crippen LogP contribution in [0.2, 0.25) is 5.02 Å². The van der Waals surface area contributed by atoms with E-state index in [-0.39, 0.29) is 0 Å². The maximum Gasteiger partial charge on any atom is 0.146 e. The van der Waals surface area contributed by atoms with Gasteiger partial charge in [-0.2, -0.15) is 0 Å². The summed E-state index contributed by atoms with van der Waals surface area (Å²) >= 11 is 6.09. The molecule has 0 saturated carbocycles. The molecule has 0 amide bonds. The summed E-state index contributed by atoms with van der Waals surface area (Å²) in [5, 5.41) is 0.506. The standard InChI is InChI=1S/C14H12ClNO2/c15-11-8-9(16)4-5-14(11)18-13-3-1-2-12-10(13)6-7-17-12/h1-5,8H,6-7,16H2. The number of ether oxygens (including phenoxy) is 2. The molecule has 3 rings (SSSR count). The molecule has 0 atom stereocenters. The number of benzene rings is 2. The zero-order valence-electron chi connectivity index (χ0n) is 9.65.